The molecule has 1 aromatic rings. The number of nitrogens with one attached hydrogen (secondary N) is 1. The largest absolute Gasteiger partial charge is 0.388 e. The third-order valence-electron chi connectivity index (χ3n) is 4.82. The topological polar surface area (TPSA) is 44.7 Å². The normalized spacial score (nSPS) is 24.9. The van der Waals surface area contributed by atoms with Crippen LogP contribution in [0.1, 0.15) is 36.9 Å². The summed E-state index contributed by atoms with van der Waals surface area (Å²) in [5.41, 5.74) is 1.48. The maximum Gasteiger partial charge on any atom is 0.123 e. The third-order valence-corrected chi connectivity index (χ3v) is 4.82. The fraction of sp³-hybridized carbons (Fsp3) is 0.667. The van der Waals surface area contributed by atoms with Crippen LogP contribution < -0.4 is 5.32 Å². The van der Waals surface area contributed by atoms with Gasteiger partial charge in [0.05, 0.1) is 18.8 Å². The van der Waals surface area contributed by atoms with Crippen molar-refractivity contribution >= 4 is 0 Å². The van der Waals surface area contributed by atoms with Crippen molar-refractivity contribution in [3.8, 4) is 0 Å². The Hall–Kier alpha value is -1.01. The number of nitrogens with zero attached hydrogens (tertiary/aromatic N) is 1. The molecule has 2 aliphatic rings. The number of halogens is 1. The van der Waals surface area contributed by atoms with Crippen molar-refractivity contribution in [2.75, 3.05) is 39.4 Å². The molecule has 1 aromatic carbocycles. The molecule has 4 nitrogen and oxygen atoms in total. The Bertz CT molecular complexity index is 530. The number of benzene rings is 1. The van der Waals surface area contributed by atoms with Crippen LogP contribution in [0.25, 0.3) is 0 Å². The van der Waals surface area contributed by atoms with E-state index in [2.05, 4.69) is 10.2 Å². The van der Waals surface area contributed by atoms with Crippen molar-refractivity contribution in [1.29, 1.82) is 0 Å². The number of rotatable bonds is 5. The minimum absolute atomic E-state index is 0.130. The average Bonchev–Trinajstić information content (AvgIpc) is 2.53. The van der Waals surface area contributed by atoms with Gasteiger partial charge in [-0.15, -0.1) is 0 Å². The van der Waals surface area contributed by atoms with Crippen LogP contribution in [0.3, 0.4) is 0 Å². The van der Waals surface area contributed by atoms with Crippen molar-refractivity contribution in [1.82, 2.24) is 10.2 Å². The van der Waals surface area contributed by atoms with E-state index in [1.165, 1.54) is 11.6 Å². The summed E-state index contributed by atoms with van der Waals surface area (Å²) in [6.07, 6.45) is 3.10. The van der Waals surface area contributed by atoms with E-state index < -0.39 is 5.60 Å². The SMILES string of the molecule is CC(O)(CNC1CCCc2ccc(F)cc21)CN1CCOCC1. The van der Waals surface area contributed by atoms with Gasteiger partial charge in [0.25, 0.3) is 0 Å². The lowest BCUT2D eigenvalue weighted by Crippen LogP contribution is -2.51. The van der Waals surface area contributed by atoms with Crippen LogP contribution in [0.15, 0.2) is 18.2 Å². The molecule has 128 valence electrons. The van der Waals surface area contributed by atoms with Crippen LogP contribution in [0.4, 0.5) is 4.39 Å². The van der Waals surface area contributed by atoms with Gasteiger partial charge in [0.15, 0.2) is 0 Å². The predicted molar refractivity (Wildman–Crippen MR) is 88.0 cm³/mol. The fourth-order valence-electron chi connectivity index (χ4n) is 3.62. The second kappa shape index (κ2) is 7.26. The molecule has 1 heterocycles. The van der Waals surface area contributed by atoms with Gasteiger partial charge >= 0.3 is 0 Å². The Morgan fingerprint density at radius 2 is 2.17 bits per heavy atom. The quantitative estimate of drug-likeness (QED) is 0.869. The van der Waals surface area contributed by atoms with E-state index in [4.69, 9.17) is 4.74 Å². The summed E-state index contributed by atoms with van der Waals surface area (Å²) in [7, 11) is 0. The second-order valence-corrected chi connectivity index (χ2v) is 7.05. The smallest absolute Gasteiger partial charge is 0.123 e. The Kier molecular flexibility index (Phi) is 5.31. The number of morpholine rings is 1. The van der Waals surface area contributed by atoms with E-state index in [-0.39, 0.29) is 11.9 Å². The van der Waals surface area contributed by atoms with Crippen molar-refractivity contribution in [3.63, 3.8) is 0 Å². The summed E-state index contributed by atoms with van der Waals surface area (Å²) in [6.45, 7) is 6.21. The van der Waals surface area contributed by atoms with Crippen LogP contribution in [-0.4, -0.2) is 55.0 Å². The van der Waals surface area contributed by atoms with Crippen LogP contribution in [-0.2, 0) is 11.2 Å². The molecule has 2 atom stereocenters. The third kappa shape index (κ3) is 4.51. The Morgan fingerprint density at radius 3 is 2.96 bits per heavy atom. The molecule has 0 aromatic heterocycles. The van der Waals surface area contributed by atoms with Gasteiger partial charge in [0.1, 0.15) is 5.82 Å². The lowest BCUT2D eigenvalue weighted by atomic mass is 9.87. The number of hydrogen-bond acceptors (Lipinski definition) is 4. The van der Waals surface area contributed by atoms with Crippen molar-refractivity contribution in [3.05, 3.63) is 35.1 Å². The Balaban J connectivity index is 1.58. The molecule has 2 unspecified atom stereocenters. The molecular weight excluding hydrogens is 295 g/mol. The maximum absolute atomic E-state index is 13.6. The van der Waals surface area contributed by atoms with Gasteiger partial charge in [-0.25, -0.2) is 4.39 Å². The number of ether oxygens (including phenoxy) is 1. The first-order chi connectivity index (χ1) is 11.0. The van der Waals surface area contributed by atoms with Crippen LogP contribution >= 0.6 is 0 Å². The highest BCUT2D eigenvalue weighted by molar-refractivity contribution is 5.32. The number of β-amino-alcohol motifs (C(OH)–C–C–N with tert-alkyl or cyclic N) is 1. The highest BCUT2D eigenvalue weighted by Gasteiger charge is 2.28. The lowest BCUT2D eigenvalue weighted by Gasteiger charge is -2.35. The Labute approximate surface area is 137 Å². The molecule has 23 heavy (non-hydrogen) atoms. The first-order valence-corrected chi connectivity index (χ1v) is 8.58. The van der Waals surface area contributed by atoms with E-state index in [0.717, 1.165) is 51.1 Å². The molecule has 2 N–H and O–H groups in total. The highest BCUT2D eigenvalue weighted by atomic mass is 19.1. The molecule has 1 aliphatic heterocycles. The van der Waals surface area contributed by atoms with Crippen LogP contribution in [0.5, 0.6) is 0 Å². The zero-order chi connectivity index (χ0) is 16.3. The summed E-state index contributed by atoms with van der Waals surface area (Å²) in [6, 6.07) is 5.20. The van der Waals surface area contributed by atoms with E-state index in [9.17, 15) is 9.50 Å². The van der Waals surface area contributed by atoms with Gasteiger partial charge < -0.3 is 15.2 Å². The van der Waals surface area contributed by atoms with E-state index in [0.29, 0.717) is 13.1 Å². The number of aliphatic hydroxyl groups is 1. The monoisotopic (exact) mass is 322 g/mol. The molecule has 1 aliphatic carbocycles. The molecule has 0 radical (unpaired) electrons. The summed E-state index contributed by atoms with van der Waals surface area (Å²) in [5.74, 6) is -0.183. The second-order valence-electron chi connectivity index (χ2n) is 7.05. The van der Waals surface area contributed by atoms with Crippen LogP contribution in [0.2, 0.25) is 0 Å². The van der Waals surface area contributed by atoms with Gasteiger partial charge in [-0.3, -0.25) is 4.90 Å². The molecule has 0 spiro atoms. The minimum Gasteiger partial charge on any atom is -0.388 e. The zero-order valence-corrected chi connectivity index (χ0v) is 13.9. The Morgan fingerprint density at radius 1 is 1.39 bits per heavy atom. The number of hydrogen-bond donors (Lipinski definition) is 2. The molecule has 5 heteroatoms. The summed E-state index contributed by atoms with van der Waals surface area (Å²) in [4.78, 5) is 2.24. The number of fused-ring (bicyclic) bond motifs is 1. The molecular formula is C18H27FN2O2. The maximum atomic E-state index is 13.6. The highest BCUT2D eigenvalue weighted by Crippen LogP contribution is 2.30. The van der Waals surface area contributed by atoms with Gasteiger partial charge in [-0.1, -0.05) is 6.07 Å². The van der Waals surface area contributed by atoms with Gasteiger partial charge in [-0.2, -0.15) is 0 Å². The summed E-state index contributed by atoms with van der Waals surface area (Å²) >= 11 is 0. The molecule has 3 rings (SSSR count). The molecule has 0 saturated carbocycles. The zero-order valence-electron chi connectivity index (χ0n) is 13.9. The molecule has 1 fully saturated rings. The van der Waals surface area contributed by atoms with E-state index in [1.807, 2.05) is 13.0 Å². The van der Waals surface area contributed by atoms with E-state index in [1.54, 1.807) is 6.07 Å². The summed E-state index contributed by atoms with van der Waals surface area (Å²) in [5, 5.41) is 14.1. The van der Waals surface area contributed by atoms with Crippen LogP contribution in [0, 0.1) is 5.82 Å². The van der Waals surface area contributed by atoms with Gasteiger partial charge in [-0.05, 0) is 49.4 Å². The standard InChI is InChI=1S/C18H27FN2O2/c1-18(22,13-21-7-9-23-10-8-21)12-20-17-4-2-3-14-5-6-15(19)11-16(14)17/h5-6,11,17,20,22H,2-4,7-10,12-13H2,1H3. The van der Waals surface area contributed by atoms with Crippen molar-refractivity contribution in [2.45, 2.75) is 37.8 Å². The van der Waals surface area contributed by atoms with Gasteiger partial charge in [0.2, 0.25) is 0 Å². The molecule has 1 saturated heterocycles. The van der Waals surface area contributed by atoms with Gasteiger partial charge in [0, 0.05) is 32.2 Å². The molecule has 0 amide bonds. The first kappa shape index (κ1) is 16.8. The van der Waals surface area contributed by atoms with Crippen molar-refractivity contribution in [2.24, 2.45) is 0 Å². The minimum atomic E-state index is -0.803. The number of aryl methyl sites for hydroxylation is 1. The summed E-state index contributed by atoms with van der Waals surface area (Å²) < 4.78 is 18.9. The van der Waals surface area contributed by atoms with Crippen molar-refractivity contribution < 1.29 is 14.2 Å². The predicted octanol–water partition coefficient (Wildman–Crippen LogP) is 1.88. The fourth-order valence-corrected chi connectivity index (χ4v) is 3.62. The lowest BCUT2D eigenvalue weighted by molar-refractivity contribution is -0.0230. The van der Waals surface area contributed by atoms with E-state index >= 15 is 0 Å². The molecule has 0 bridgehead atoms. The average molecular weight is 322 g/mol. The first-order valence-electron chi connectivity index (χ1n) is 8.58.